The molecule has 0 saturated heterocycles. The number of hydrogen-bond donors (Lipinski definition) is 1. The Kier molecular flexibility index (Phi) is 5.61. The molecule has 21 heavy (non-hydrogen) atoms. The van der Waals surface area contributed by atoms with Crippen molar-refractivity contribution in [2.75, 3.05) is 23.3 Å². The highest BCUT2D eigenvalue weighted by atomic mass is 15.1. The van der Waals surface area contributed by atoms with Gasteiger partial charge in [-0.3, -0.25) is 0 Å². The van der Waals surface area contributed by atoms with Crippen LogP contribution in [0.4, 0.5) is 11.5 Å². The van der Waals surface area contributed by atoms with E-state index in [2.05, 4.69) is 72.4 Å². The molecule has 2 aromatic rings. The number of benzene rings is 1. The summed E-state index contributed by atoms with van der Waals surface area (Å²) in [6.45, 7) is 9.32. The van der Waals surface area contributed by atoms with E-state index in [1.54, 1.807) is 0 Å². The molecule has 0 aliphatic rings. The third-order valence-electron chi connectivity index (χ3n) is 3.50. The second-order valence-electron chi connectivity index (χ2n) is 5.33. The number of hydrogen-bond acceptors (Lipinski definition) is 3. The number of nitrogens with one attached hydrogen (secondary N) is 1. The highest BCUT2D eigenvalue weighted by molar-refractivity contribution is 5.49. The summed E-state index contributed by atoms with van der Waals surface area (Å²) in [5.74, 6) is 0.958. The smallest absolute Gasteiger partial charge is 0.125 e. The van der Waals surface area contributed by atoms with E-state index in [0.717, 1.165) is 31.9 Å². The van der Waals surface area contributed by atoms with E-state index >= 15 is 0 Å². The first-order chi connectivity index (χ1) is 10.2. The Morgan fingerprint density at radius 3 is 2.62 bits per heavy atom. The summed E-state index contributed by atoms with van der Waals surface area (Å²) < 4.78 is 0. The van der Waals surface area contributed by atoms with Crippen LogP contribution in [0.1, 0.15) is 31.4 Å². The Bertz CT molecular complexity index is 549. The molecule has 3 heteroatoms. The molecule has 2 rings (SSSR count). The van der Waals surface area contributed by atoms with Crippen molar-refractivity contribution in [3.8, 4) is 0 Å². The van der Waals surface area contributed by atoms with Gasteiger partial charge < -0.3 is 10.2 Å². The molecular formula is C18H25N3. The molecule has 1 aromatic heterocycles. The first kappa shape index (κ1) is 15.4. The van der Waals surface area contributed by atoms with Gasteiger partial charge in [-0.15, -0.1) is 0 Å². The van der Waals surface area contributed by atoms with Gasteiger partial charge >= 0.3 is 0 Å². The molecule has 0 bridgehead atoms. The van der Waals surface area contributed by atoms with E-state index in [1.807, 2.05) is 6.20 Å². The maximum absolute atomic E-state index is 4.48. The average molecular weight is 283 g/mol. The van der Waals surface area contributed by atoms with Gasteiger partial charge in [-0.05, 0) is 49.6 Å². The number of rotatable bonds is 7. The predicted molar refractivity (Wildman–Crippen MR) is 90.9 cm³/mol. The van der Waals surface area contributed by atoms with Crippen molar-refractivity contribution in [1.29, 1.82) is 0 Å². The van der Waals surface area contributed by atoms with Gasteiger partial charge in [0, 0.05) is 31.5 Å². The zero-order valence-electron chi connectivity index (χ0n) is 13.3. The van der Waals surface area contributed by atoms with Gasteiger partial charge in [0.15, 0.2) is 0 Å². The van der Waals surface area contributed by atoms with Crippen LogP contribution in [0.15, 0.2) is 42.6 Å². The average Bonchev–Trinajstić information content (AvgIpc) is 2.51. The van der Waals surface area contributed by atoms with Crippen LogP contribution in [0.2, 0.25) is 0 Å². The lowest BCUT2D eigenvalue weighted by Gasteiger charge is -2.23. The lowest BCUT2D eigenvalue weighted by Crippen LogP contribution is -2.22. The van der Waals surface area contributed by atoms with Crippen molar-refractivity contribution >= 4 is 11.5 Å². The van der Waals surface area contributed by atoms with Crippen molar-refractivity contribution in [2.45, 2.75) is 33.7 Å². The second-order valence-corrected chi connectivity index (χ2v) is 5.33. The topological polar surface area (TPSA) is 28.2 Å². The van der Waals surface area contributed by atoms with Crippen molar-refractivity contribution in [3.63, 3.8) is 0 Å². The zero-order chi connectivity index (χ0) is 15.1. The van der Waals surface area contributed by atoms with Gasteiger partial charge in [0.25, 0.3) is 0 Å². The lowest BCUT2D eigenvalue weighted by molar-refractivity contribution is 0.827. The van der Waals surface area contributed by atoms with E-state index in [-0.39, 0.29) is 0 Å². The maximum atomic E-state index is 4.48. The van der Waals surface area contributed by atoms with Crippen LogP contribution in [-0.2, 0) is 6.54 Å². The van der Waals surface area contributed by atoms with Crippen molar-refractivity contribution in [1.82, 2.24) is 4.98 Å². The molecule has 0 atom stereocenters. The minimum atomic E-state index is 0.890. The summed E-state index contributed by atoms with van der Waals surface area (Å²) in [5, 5.41) is 3.30. The fraction of sp³-hybridized carbons (Fsp3) is 0.389. The van der Waals surface area contributed by atoms with Gasteiger partial charge in [0.2, 0.25) is 0 Å². The fourth-order valence-electron chi connectivity index (χ4n) is 2.31. The highest BCUT2D eigenvalue weighted by Gasteiger charge is 2.06. The Labute approximate surface area is 128 Å². The number of aryl methyl sites for hydroxylation is 1. The Balaban J connectivity index is 2.04. The first-order valence-corrected chi connectivity index (χ1v) is 7.73. The fourth-order valence-corrected chi connectivity index (χ4v) is 2.31. The van der Waals surface area contributed by atoms with Crippen LogP contribution in [0.5, 0.6) is 0 Å². The summed E-state index contributed by atoms with van der Waals surface area (Å²) in [6.07, 6.45) is 3.08. The van der Waals surface area contributed by atoms with Gasteiger partial charge in [-0.1, -0.05) is 25.1 Å². The highest BCUT2D eigenvalue weighted by Crippen LogP contribution is 2.18. The largest absolute Gasteiger partial charge is 0.370 e. The molecule has 0 spiro atoms. The van der Waals surface area contributed by atoms with E-state index in [9.17, 15) is 0 Å². The molecule has 3 nitrogen and oxygen atoms in total. The third-order valence-corrected chi connectivity index (χ3v) is 3.50. The van der Waals surface area contributed by atoms with Gasteiger partial charge in [-0.2, -0.15) is 0 Å². The predicted octanol–water partition coefficient (Wildman–Crippen LogP) is 4.24. The Morgan fingerprint density at radius 2 is 2.00 bits per heavy atom. The van der Waals surface area contributed by atoms with Gasteiger partial charge in [0.05, 0.1) is 0 Å². The Hall–Kier alpha value is -2.03. The van der Waals surface area contributed by atoms with Crippen LogP contribution in [0, 0.1) is 6.92 Å². The molecule has 0 amide bonds. The van der Waals surface area contributed by atoms with E-state index in [0.29, 0.717) is 0 Å². The normalized spacial score (nSPS) is 10.4. The Morgan fingerprint density at radius 1 is 1.14 bits per heavy atom. The van der Waals surface area contributed by atoms with Crippen LogP contribution in [-0.4, -0.2) is 18.1 Å². The van der Waals surface area contributed by atoms with Crippen LogP contribution in [0.25, 0.3) is 0 Å². The SMILES string of the molecule is CCCNc1ccc(CN(CC)c2cccc(C)c2)cn1. The van der Waals surface area contributed by atoms with Crippen molar-refractivity contribution < 1.29 is 0 Å². The minimum absolute atomic E-state index is 0.890. The molecule has 0 saturated carbocycles. The monoisotopic (exact) mass is 283 g/mol. The number of nitrogens with zero attached hydrogens (tertiary/aromatic N) is 2. The molecule has 0 radical (unpaired) electrons. The van der Waals surface area contributed by atoms with Crippen LogP contribution < -0.4 is 10.2 Å². The number of anilines is 2. The van der Waals surface area contributed by atoms with E-state index in [4.69, 9.17) is 0 Å². The number of aromatic nitrogens is 1. The quantitative estimate of drug-likeness (QED) is 0.824. The third kappa shape index (κ3) is 4.48. The van der Waals surface area contributed by atoms with Gasteiger partial charge in [-0.25, -0.2) is 4.98 Å². The maximum Gasteiger partial charge on any atom is 0.125 e. The summed E-state index contributed by atoms with van der Waals surface area (Å²) >= 11 is 0. The molecule has 0 aliphatic heterocycles. The molecule has 112 valence electrons. The minimum Gasteiger partial charge on any atom is -0.370 e. The van der Waals surface area contributed by atoms with Crippen LogP contribution in [0.3, 0.4) is 0 Å². The van der Waals surface area contributed by atoms with Crippen molar-refractivity contribution in [3.05, 3.63) is 53.7 Å². The first-order valence-electron chi connectivity index (χ1n) is 7.73. The molecule has 1 N–H and O–H groups in total. The molecule has 1 heterocycles. The summed E-state index contributed by atoms with van der Waals surface area (Å²) in [5.41, 5.74) is 3.80. The number of pyridine rings is 1. The molecule has 0 aliphatic carbocycles. The molecule has 1 aromatic carbocycles. The van der Waals surface area contributed by atoms with Gasteiger partial charge in [0.1, 0.15) is 5.82 Å². The van der Waals surface area contributed by atoms with Crippen molar-refractivity contribution in [2.24, 2.45) is 0 Å². The lowest BCUT2D eigenvalue weighted by atomic mass is 10.2. The summed E-state index contributed by atoms with van der Waals surface area (Å²) in [6, 6.07) is 12.9. The summed E-state index contributed by atoms with van der Waals surface area (Å²) in [7, 11) is 0. The summed E-state index contributed by atoms with van der Waals surface area (Å²) in [4.78, 5) is 6.84. The molecule has 0 fully saturated rings. The molecule has 0 unspecified atom stereocenters. The standard InChI is InChI=1S/C18H25N3/c1-4-11-19-18-10-9-16(13-20-18)14-21(5-2)17-8-6-7-15(3)12-17/h6-10,12-13H,4-5,11,14H2,1-3H3,(H,19,20). The second kappa shape index (κ2) is 7.67. The van der Waals surface area contributed by atoms with E-state index < -0.39 is 0 Å². The van der Waals surface area contributed by atoms with Crippen LogP contribution >= 0.6 is 0 Å². The zero-order valence-corrected chi connectivity index (χ0v) is 13.3. The van der Waals surface area contributed by atoms with E-state index in [1.165, 1.54) is 16.8 Å². The molecular weight excluding hydrogens is 258 g/mol.